The van der Waals surface area contributed by atoms with Gasteiger partial charge in [-0.1, -0.05) is 6.92 Å². The van der Waals surface area contributed by atoms with Gasteiger partial charge in [0.1, 0.15) is 5.01 Å². The lowest BCUT2D eigenvalue weighted by atomic mass is 10.1. The van der Waals surface area contributed by atoms with Crippen LogP contribution in [0.25, 0.3) is 0 Å². The molecule has 1 aliphatic heterocycles. The Morgan fingerprint density at radius 1 is 1.67 bits per heavy atom. The zero-order valence-corrected chi connectivity index (χ0v) is 9.98. The first-order valence-electron chi connectivity index (χ1n) is 5.63. The first-order chi connectivity index (χ1) is 7.40. The fourth-order valence-corrected chi connectivity index (χ4v) is 2.58. The summed E-state index contributed by atoms with van der Waals surface area (Å²) in [6, 6.07) is 0. The number of aromatic nitrogens is 1. The molecule has 0 amide bonds. The summed E-state index contributed by atoms with van der Waals surface area (Å²) >= 11 is 1.76. The highest BCUT2D eigenvalue weighted by Gasteiger charge is 2.20. The number of nitrogens with zero attached hydrogens (tertiary/aromatic N) is 1. The highest BCUT2D eigenvalue weighted by molar-refractivity contribution is 7.09. The summed E-state index contributed by atoms with van der Waals surface area (Å²) in [6.07, 6.45) is 2.31. The zero-order valence-electron chi connectivity index (χ0n) is 9.16. The van der Waals surface area contributed by atoms with Crippen molar-refractivity contribution in [1.29, 1.82) is 0 Å². The van der Waals surface area contributed by atoms with Crippen molar-refractivity contribution < 1.29 is 4.74 Å². The minimum absolute atomic E-state index is 0.543. The van der Waals surface area contributed by atoms with Crippen LogP contribution in [0.4, 0.5) is 0 Å². The van der Waals surface area contributed by atoms with E-state index >= 15 is 0 Å². The topological polar surface area (TPSA) is 34.2 Å². The van der Waals surface area contributed by atoms with Crippen molar-refractivity contribution in [1.82, 2.24) is 10.3 Å². The largest absolute Gasteiger partial charge is 0.381 e. The highest BCUT2D eigenvalue weighted by atomic mass is 32.1. The van der Waals surface area contributed by atoms with Crippen LogP contribution in [0.5, 0.6) is 0 Å². The summed E-state index contributed by atoms with van der Waals surface area (Å²) < 4.78 is 5.37. The Balaban J connectivity index is 1.86. The molecular weight excluding hydrogens is 208 g/mol. The summed E-state index contributed by atoms with van der Waals surface area (Å²) in [5.74, 6) is 0.543. The second-order valence-corrected chi connectivity index (χ2v) is 4.85. The Morgan fingerprint density at radius 3 is 3.33 bits per heavy atom. The van der Waals surface area contributed by atoms with Crippen molar-refractivity contribution >= 4 is 11.3 Å². The molecule has 15 heavy (non-hydrogen) atoms. The van der Waals surface area contributed by atoms with Gasteiger partial charge in [-0.05, 0) is 19.4 Å². The summed E-state index contributed by atoms with van der Waals surface area (Å²) in [6.45, 7) is 5.90. The maximum atomic E-state index is 5.37. The number of rotatable bonds is 5. The maximum absolute atomic E-state index is 5.37. The first-order valence-corrected chi connectivity index (χ1v) is 6.51. The fourth-order valence-electron chi connectivity index (χ4n) is 1.73. The number of hydrogen-bond donors (Lipinski definition) is 1. The van der Waals surface area contributed by atoms with Crippen LogP contribution < -0.4 is 5.32 Å². The van der Waals surface area contributed by atoms with Gasteiger partial charge in [0.2, 0.25) is 0 Å². The lowest BCUT2D eigenvalue weighted by molar-refractivity contribution is 0.193. The van der Waals surface area contributed by atoms with Crippen LogP contribution in [0.15, 0.2) is 5.38 Å². The van der Waals surface area contributed by atoms with Crippen molar-refractivity contribution in [3.8, 4) is 0 Å². The molecule has 3 nitrogen and oxygen atoms in total. The molecule has 84 valence electrons. The van der Waals surface area contributed by atoms with Gasteiger partial charge in [0.15, 0.2) is 0 Å². The van der Waals surface area contributed by atoms with Crippen LogP contribution in [0.3, 0.4) is 0 Å². The molecule has 0 spiro atoms. The van der Waals surface area contributed by atoms with E-state index in [9.17, 15) is 0 Å². The molecule has 0 aromatic carbocycles. The quantitative estimate of drug-likeness (QED) is 0.781. The molecule has 1 unspecified atom stereocenters. The number of ether oxygens (including phenoxy) is 1. The number of hydrogen-bond acceptors (Lipinski definition) is 4. The van der Waals surface area contributed by atoms with Gasteiger partial charge in [0.05, 0.1) is 12.3 Å². The van der Waals surface area contributed by atoms with Crippen molar-refractivity contribution in [2.75, 3.05) is 19.8 Å². The van der Waals surface area contributed by atoms with E-state index in [1.54, 1.807) is 11.3 Å². The molecule has 0 saturated carbocycles. The summed E-state index contributed by atoms with van der Waals surface area (Å²) in [5.41, 5.74) is 1.23. The van der Waals surface area contributed by atoms with Crippen LogP contribution in [0.2, 0.25) is 0 Å². The minimum Gasteiger partial charge on any atom is -0.381 e. The van der Waals surface area contributed by atoms with Crippen LogP contribution in [-0.4, -0.2) is 24.7 Å². The molecule has 2 heterocycles. The zero-order chi connectivity index (χ0) is 10.5. The molecule has 1 fully saturated rings. The van der Waals surface area contributed by atoms with Gasteiger partial charge in [0, 0.05) is 24.4 Å². The van der Waals surface area contributed by atoms with E-state index in [1.165, 1.54) is 17.1 Å². The molecule has 1 N–H and O–H groups in total. The monoisotopic (exact) mass is 226 g/mol. The highest BCUT2D eigenvalue weighted by Crippen LogP contribution is 2.26. The number of nitrogens with one attached hydrogen (secondary N) is 1. The predicted molar refractivity (Wildman–Crippen MR) is 62.3 cm³/mol. The van der Waals surface area contributed by atoms with Gasteiger partial charge < -0.3 is 10.1 Å². The maximum Gasteiger partial charge on any atom is 0.107 e. The third kappa shape index (κ3) is 3.00. The molecule has 1 aromatic rings. The van der Waals surface area contributed by atoms with E-state index in [0.29, 0.717) is 5.92 Å². The van der Waals surface area contributed by atoms with Crippen molar-refractivity contribution in [3.63, 3.8) is 0 Å². The van der Waals surface area contributed by atoms with Gasteiger partial charge in [-0.3, -0.25) is 0 Å². The average molecular weight is 226 g/mol. The van der Waals surface area contributed by atoms with Gasteiger partial charge >= 0.3 is 0 Å². The van der Waals surface area contributed by atoms with Crippen LogP contribution in [-0.2, 0) is 11.3 Å². The van der Waals surface area contributed by atoms with E-state index in [-0.39, 0.29) is 0 Å². The SMILES string of the molecule is CCCNCc1nc(C2CCOC2)cs1. The second kappa shape index (κ2) is 5.58. The van der Waals surface area contributed by atoms with E-state index < -0.39 is 0 Å². The Morgan fingerprint density at radius 2 is 2.60 bits per heavy atom. The lowest BCUT2D eigenvalue weighted by Crippen LogP contribution is -2.13. The minimum atomic E-state index is 0.543. The van der Waals surface area contributed by atoms with E-state index in [0.717, 1.165) is 32.7 Å². The van der Waals surface area contributed by atoms with Gasteiger partial charge in [-0.15, -0.1) is 11.3 Å². The van der Waals surface area contributed by atoms with E-state index in [1.807, 2.05) is 0 Å². The standard InChI is InChI=1S/C11H18N2OS/c1-2-4-12-6-11-13-10(8-15-11)9-3-5-14-7-9/h8-9,12H,2-7H2,1H3. The van der Waals surface area contributed by atoms with Gasteiger partial charge in [-0.2, -0.15) is 0 Å². The van der Waals surface area contributed by atoms with E-state index in [2.05, 4.69) is 22.6 Å². The molecule has 0 radical (unpaired) electrons. The van der Waals surface area contributed by atoms with Crippen molar-refractivity contribution in [3.05, 3.63) is 16.1 Å². The molecule has 4 heteroatoms. The Labute approximate surface area is 94.9 Å². The molecule has 1 aromatic heterocycles. The van der Waals surface area contributed by atoms with Gasteiger partial charge in [-0.25, -0.2) is 4.98 Å². The van der Waals surface area contributed by atoms with Crippen LogP contribution in [0.1, 0.15) is 36.4 Å². The third-order valence-corrected chi connectivity index (χ3v) is 3.49. The molecule has 1 aliphatic rings. The smallest absolute Gasteiger partial charge is 0.107 e. The van der Waals surface area contributed by atoms with E-state index in [4.69, 9.17) is 4.74 Å². The molecule has 1 saturated heterocycles. The number of thiazole rings is 1. The third-order valence-electron chi connectivity index (χ3n) is 2.62. The molecule has 1 atom stereocenters. The van der Waals surface area contributed by atoms with Gasteiger partial charge in [0.25, 0.3) is 0 Å². The normalized spacial score (nSPS) is 21.0. The average Bonchev–Trinajstić information content (AvgIpc) is 2.87. The lowest BCUT2D eigenvalue weighted by Gasteiger charge is -2.02. The van der Waals surface area contributed by atoms with Crippen molar-refractivity contribution in [2.45, 2.75) is 32.2 Å². The second-order valence-electron chi connectivity index (χ2n) is 3.90. The molecule has 0 bridgehead atoms. The molecule has 2 rings (SSSR count). The Hall–Kier alpha value is -0.450. The Bertz CT molecular complexity index is 295. The van der Waals surface area contributed by atoms with Crippen LogP contribution in [0, 0.1) is 0 Å². The Kier molecular flexibility index (Phi) is 4.11. The summed E-state index contributed by atoms with van der Waals surface area (Å²) in [7, 11) is 0. The summed E-state index contributed by atoms with van der Waals surface area (Å²) in [5, 5.41) is 6.75. The molecular formula is C11H18N2OS. The first kappa shape index (κ1) is 11.0. The summed E-state index contributed by atoms with van der Waals surface area (Å²) in [4.78, 5) is 4.64. The predicted octanol–water partition coefficient (Wildman–Crippen LogP) is 2.15. The fraction of sp³-hybridized carbons (Fsp3) is 0.727. The van der Waals surface area contributed by atoms with Crippen LogP contribution >= 0.6 is 11.3 Å². The van der Waals surface area contributed by atoms with Crippen molar-refractivity contribution in [2.24, 2.45) is 0 Å². The molecule has 0 aliphatic carbocycles.